The summed E-state index contributed by atoms with van der Waals surface area (Å²) in [7, 11) is 0. The van der Waals surface area contributed by atoms with Crippen molar-refractivity contribution in [3.63, 3.8) is 0 Å². The fraction of sp³-hybridized carbons (Fsp3) is 0.533. The molecule has 102 valence electrons. The smallest absolute Gasteiger partial charge is 0.107 e. The Balaban J connectivity index is 1.44. The number of benzene rings is 1. The quantitative estimate of drug-likeness (QED) is 0.824. The van der Waals surface area contributed by atoms with Crippen molar-refractivity contribution in [2.45, 2.75) is 31.7 Å². The third-order valence-corrected chi connectivity index (χ3v) is 4.84. The van der Waals surface area contributed by atoms with E-state index in [0.29, 0.717) is 0 Å². The van der Waals surface area contributed by atoms with E-state index in [-0.39, 0.29) is 0 Å². The number of fused-ring (bicyclic) bond motifs is 1. The van der Waals surface area contributed by atoms with Gasteiger partial charge in [-0.15, -0.1) is 0 Å². The van der Waals surface area contributed by atoms with E-state index in [2.05, 4.69) is 39.2 Å². The zero-order valence-electron chi connectivity index (χ0n) is 11.2. The lowest BCUT2D eigenvalue weighted by Crippen LogP contribution is -2.34. The molecule has 0 radical (unpaired) electrons. The van der Waals surface area contributed by atoms with Gasteiger partial charge in [-0.1, -0.05) is 12.1 Å². The molecule has 1 aliphatic rings. The van der Waals surface area contributed by atoms with Crippen molar-refractivity contribution in [3.8, 4) is 0 Å². The van der Waals surface area contributed by atoms with Crippen LogP contribution in [0.3, 0.4) is 0 Å². The van der Waals surface area contributed by atoms with Gasteiger partial charge in [0.25, 0.3) is 0 Å². The second kappa shape index (κ2) is 6.44. The Hall–Kier alpha value is -1.00. The Morgan fingerprint density at radius 3 is 3.16 bits per heavy atom. The molecule has 1 saturated heterocycles. The highest BCUT2D eigenvalue weighted by molar-refractivity contribution is 7.99. The van der Waals surface area contributed by atoms with Crippen LogP contribution in [0.2, 0.25) is 0 Å². The molecule has 3 nitrogen and oxygen atoms in total. The maximum absolute atomic E-state index is 4.61. The van der Waals surface area contributed by atoms with Gasteiger partial charge in [0.05, 0.1) is 11.0 Å². The van der Waals surface area contributed by atoms with Crippen molar-refractivity contribution in [1.29, 1.82) is 0 Å². The van der Waals surface area contributed by atoms with E-state index in [1.807, 2.05) is 12.1 Å². The second-order valence-electron chi connectivity index (χ2n) is 5.17. The number of aromatic nitrogens is 2. The molecular weight excluding hydrogens is 254 g/mol. The number of nitrogens with one attached hydrogen (secondary N) is 2. The highest BCUT2D eigenvalue weighted by Gasteiger charge is 2.12. The number of aromatic amines is 1. The lowest BCUT2D eigenvalue weighted by Gasteiger charge is -2.22. The van der Waals surface area contributed by atoms with Crippen LogP contribution in [0.4, 0.5) is 0 Å². The summed E-state index contributed by atoms with van der Waals surface area (Å²) >= 11 is 2.08. The van der Waals surface area contributed by atoms with E-state index < -0.39 is 0 Å². The molecule has 3 rings (SSSR count). The molecule has 0 spiro atoms. The third kappa shape index (κ3) is 3.51. The number of hydrogen-bond acceptors (Lipinski definition) is 3. The van der Waals surface area contributed by atoms with Crippen molar-refractivity contribution in [2.75, 3.05) is 18.1 Å². The average molecular weight is 275 g/mol. The first kappa shape index (κ1) is 13.0. The van der Waals surface area contributed by atoms with Crippen LogP contribution in [-0.4, -0.2) is 34.1 Å². The summed E-state index contributed by atoms with van der Waals surface area (Å²) in [4.78, 5) is 8.00. The molecular formula is C15H21N3S. The van der Waals surface area contributed by atoms with E-state index in [1.165, 1.54) is 24.3 Å². The van der Waals surface area contributed by atoms with Gasteiger partial charge < -0.3 is 10.3 Å². The predicted molar refractivity (Wildman–Crippen MR) is 82.8 cm³/mol. The zero-order valence-corrected chi connectivity index (χ0v) is 12.0. The average Bonchev–Trinajstić information content (AvgIpc) is 2.87. The minimum Gasteiger partial charge on any atom is -0.342 e. The number of para-hydroxylation sites is 2. The molecule has 1 aromatic heterocycles. The summed E-state index contributed by atoms with van der Waals surface area (Å²) in [6, 6.07) is 8.97. The summed E-state index contributed by atoms with van der Waals surface area (Å²) in [6.45, 7) is 1.10. The highest BCUT2D eigenvalue weighted by atomic mass is 32.2. The van der Waals surface area contributed by atoms with Crippen LogP contribution in [0.25, 0.3) is 11.0 Å². The molecule has 0 unspecified atom stereocenters. The summed E-state index contributed by atoms with van der Waals surface area (Å²) in [5, 5.41) is 3.66. The molecule has 1 fully saturated rings. The first-order valence-electron chi connectivity index (χ1n) is 7.16. The minimum absolute atomic E-state index is 0.731. The number of rotatable bonds is 5. The molecule has 0 aliphatic carbocycles. The van der Waals surface area contributed by atoms with Gasteiger partial charge in [-0.25, -0.2) is 4.98 Å². The van der Waals surface area contributed by atoms with Gasteiger partial charge in [-0.05, 0) is 43.7 Å². The molecule has 0 bridgehead atoms. The Morgan fingerprint density at radius 1 is 1.37 bits per heavy atom. The summed E-state index contributed by atoms with van der Waals surface area (Å²) in [5.41, 5.74) is 2.23. The lowest BCUT2D eigenvalue weighted by molar-refractivity contribution is 0.499. The lowest BCUT2D eigenvalue weighted by atomic mass is 10.2. The molecule has 2 aromatic rings. The number of thioether (sulfide) groups is 1. The fourth-order valence-corrected chi connectivity index (χ4v) is 3.69. The molecule has 4 heteroatoms. The topological polar surface area (TPSA) is 40.7 Å². The van der Waals surface area contributed by atoms with E-state index in [4.69, 9.17) is 0 Å². The number of hydrogen-bond donors (Lipinski definition) is 2. The van der Waals surface area contributed by atoms with Crippen LogP contribution in [0.5, 0.6) is 0 Å². The zero-order chi connectivity index (χ0) is 12.9. The van der Waals surface area contributed by atoms with E-state index in [0.717, 1.165) is 42.3 Å². The number of nitrogens with zero attached hydrogens (tertiary/aromatic N) is 1. The number of aryl methyl sites for hydroxylation is 1. The largest absolute Gasteiger partial charge is 0.342 e. The monoisotopic (exact) mass is 275 g/mol. The van der Waals surface area contributed by atoms with Gasteiger partial charge in [-0.3, -0.25) is 0 Å². The summed E-state index contributed by atoms with van der Waals surface area (Å²) in [6.07, 6.45) is 4.89. The Bertz CT molecular complexity index is 484. The van der Waals surface area contributed by atoms with Crippen LogP contribution in [0, 0.1) is 0 Å². The predicted octanol–water partition coefficient (Wildman–Crippen LogP) is 2.98. The number of imidazole rings is 1. The van der Waals surface area contributed by atoms with Crippen LogP contribution >= 0.6 is 11.8 Å². The van der Waals surface area contributed by atoms with Gasteiger partial charge in [0.2, 0.25) is 0 Å². The van der Waals surface area contributed by atoms with Crippen LogP contribution in [0.15, 0.2) is 24.3 Å². The van der Waals surface area contributed by atoms with Crippen LogP contribution in [-0.2, 0) is 6.42 Å². The summed E-state index contributed by atoms with van der Waals surface area (Å²) < 4.78 is 0. The molecule has 19 heavy (non-hydrogen) atoms. The number of H-pyrrole nitrogens is 1. The van der Waals surface area contributed by atoms with Gasteiger partial charge in [0.1, 0.15) is 5.82 Å². The minimum atomic E-state index is 0.731. The van der Waals surface area contributed by atoms with Crippen molar-refractivity contribution < 1.29 is 0 Å². The summed E-state index contributed by atoms with van der Waals surface area (Å²) in [5.74, 6) is 3.74. The van der Waals surface area contributed by atoms with Crippen molar-refractivity contribution in [3.05, 3.63) is 30.1 Å². The van der Waals surface area contributed by atoms with E-state index in [9.17, 15) is 0 Å². The van der Waals surface area contributed by atoms with Gasteiger partial charge in [0.15, 0.2) is 0 Å². The van der Waals surface area contributed by atoms with Crippen molar-refractivity contribution in [1.82, 2.24) is 15.3 Å². The molecule has 0 saturated carbocycles. The molecule has 1 aromatic carbocycles. The highest BCUT2D eigenvalue weighted by Crippen LogP contribution is 2.17. The van der Waals surface area contributed by atoms with E-state index >= 15 is 0 Å². The Labute approximate surface area is 118 Å². The standard InChI is InChI=1S/C15H21N3S/c1-2-7-14-13(6-1)17-15(18-14)8-3-9-16-12-5-4-10-19-11-12/h1-2,6-7,12,16H,3-5,8-11H2,(H,17,18)/t12-/m0/s1. The Morgan fingerprint density at radius 2 is 2.32 bits per heavy atom. The van der Waals surface area contributed by atoms with Gasteiger partial charge in [0, 0.05) is 18.2 Å². The molecule has 2 N–H and O–H groups in total. The maximum Gasteiger partial charge on any atom is 0.107 e. The van der Waals surface area contributed by atoms with Crippen LogP contribution < -0.4 is 5.32 Å². The fourth-order valence-electron chi connectivity index (χ4n) is 2.59. The Kier molecular flexibility index (Phi) is 4.41. The van der Waals surface area contributed by atoms with Gasteiger partial charge >= 0.3 is 0 Å². The molecule has 1 atom stereocenters. The van der Waals surface area contributed by atoms with Crippen molar-refractivity contribution in [2.24, 2.45) is 0 Å². The second-order valence-corrected chi connectivity index (χ2v) is 6.32. The normalized spacial score (nSPS) is 19.9. The molecule has 1 aliphatic heterocycles. The first-order valence-corrected chi connectivity index (χ1v) is 8.32. The molecule has 0 amide bonds. The molecule has 2 heterocycles. The maximum atomic E-state index is 4.61. The SMILES string of the molecule is c1ccc2[nH]c(CCCN[C@H]3CCCSC3)nc2c1. The third-order valence-electron chi connectivity index (χ3n) is 3.62. The van der Waals surface area contributed by atoms with E-state index in [1.54, 1.807) is 0 Å². The first-order chi connectivity index (χ1) is 9.42. The van der Waals surface area contributed by atoms with Crippen molar-refractivity contribution >= 4 is 22.8 Å². The van der Waals surface area contributed by atoms with Crippen LogP contribution in [0.1, 0.15) is 25.1 Å². The van der Waals surface area contributed by atoms with Gasteiger partial charge in [-0.2, -0.15) is 11.8 Å².